The Morgan fingerprint density at radius 3 is 2.00 bits per heavy atom. The zero-order valence-electron chi connectivity index (χ0n) is 6.24. The number of rotatable bonds is 1. The Hall–Kier alpha value is -0.240. The summed E-state index contributed by atoms with van der Waals surface area (Å²) in [4.78, 5) is 0. The Labute approximate surface area is 68.6 Å². The standard InChI is InChI=1S/C6H12O6/c7-1-2-3(8)4(9)5(10)6(11)12-2/h2-11H,1H2/t2-,3+,4+,5+,6?/m1/s1/i6+1. The van der Waals surface area contributed by atoms with Crippen LogP contribution in [0.3, 0.4) is 0 Å². The second-order valence-electron chi connectivity index (χ2n) is 2.72. The van der Waals surface area contributed by atoms with Gasteiger partial charge in [0.1, 0.15) is 24.4 Å². The first-order valence-corrected chi connectivity index (χ1v) is 3.56. The molecule has 1 fully saturated rings. The minimum atomic E-state index is -1.57. The third-order valence-electron chi connectivity index (χ3n) is 1.87. The second-order valence-corrected chi connectivity index (χ2v) is 2.72. The molecule has 0 spiro atoms. The molecular weight excluding hydrogens is 169 g/mol. The van der Waals surface area contributed by atoms with Crippen LogP contribution in [-0.4, -0.2) is 62.8 Å². The van der Waals surface area contributed by atoms with Crippen LogP contribution in [0.15, 0.2) is 0 Å². The summed E-state index contributed by atoms with van der Waals surface area (Å²) in [7, 11) is 0. The van der Waals surface area contributed by atoms with Crippen LogP contribution in [-0.2, 0) is 4.74 Å². The van der Waals surface area contributed by atoms with Crippen molar-refractivity contribution in [2.45, 2.75) is 30.7 Å². The molecule has 1 aliphatic rings. The first-order valence-electron chi connectivity index (χ1n) is 3.56. The molecule has 1 rings (SSSR count). The number of ether oxygens (including phenoxy) is 1. The summed E-state index contributed by atoms with van der Waals surface area (Å²) >= 11 is 0. The lowest BCUT2D eigenvalue weighted by Crippen LogP contribution is -2.58. The van der Waals surface area contributed by atoms with Crippen molar-refractivity contribution in [2.24, 2.45) is 0 Å². The van der Waals surface area contributed by atoms with Gasteiger partial charge in [-0.3, -0.25) is 0 Å². The van der Waals surface area contributed by atoms with E-state index in [-0.39, 0.29) is 0 Å². The van der Waals surface area contributed by atoms with Gasteiger partial charge in [0.25, 0.3) is 0 Å². The number of hydrogen-bond donors (Lipinski definition) is 5. The normalized spacial score (nSPS) is 49.2. The molecule has 0 aromatic rings. The van der Waals surface area contributed by atoms with E-state index in [2.05, 4.69) is 4.74 Å². The highest BCUT2D eigenvalue weighted by Crippen LogP contribution is 2.18. The topological polar surface area (TPSA) is 110 Å². The molecule has 0 amide bonds. The molecule has 1 saturated heterocycles. The van der Waals surface area contributed by atoms with Gasteiger partial charge in [0, 0.05) is 0 Å². The minimum Gasteiger partial charge on any atom is -0.394 e. The average Bonchev–Trinajstić information content (AvgIpc) is 2.08. The van der Waals surface area contributed by atoms with Crippen molar-refractivity contribution >= 4 is 0 Å². The Balaban J connectivity index is 2.63. The van der Waals surface area contributed by atoms with Gasteiger partial charge in [0.05, 0.1) is 6.61 Å². The van der Waals surface area contributed by atoms with Crippen molar-refractivity contribution in [3.63, 3.8) is 0 Å². The molecule has 6 nitrogen and oxygen atoms in total. The van der Waals surface area contributed by atoms with Gasteiger partial charge in [0.2, 0.25) is 0 Å². The van der Waals surface area contributed by atoms with Gasteiger partial charge in [-0.05, 0) is 0 Å². The van der Waals surface area contributed by atoms with Crippen molar-refractivity contribution in [1.29, 1.82) is 0 Å². The monoisotopic (exact) mass is 181 g/mol. The molecule has 1 unspecified atom stereocenters. The lowest BCUT2D eigenvalue weighted by Gasteiger charge is -2.37. The van der Waals surface area contributed by atoms with E-state index in [0.29, 0.717) is 0 Å². The fourth-order valence-electron chi connectivity index (χ4n) is 1.08. The summed E-state index contributed by atoms with van der Waals surface area (Å²) in [6.07, 6.45) is -7.04. The maximum absolute atomic E-state index is 9.12. The molecule has 0 aliphatic carbocycles. The molecule has 72 valence electrons. The molecule has 0 bridgehead atoms. The third kappa shape index (κ3) is 1.58. The van der Waals surface area contributed by atoms with Gasteiger partial charge in [-0.25, -0.2) is 0 Å². The molecule has 5 atom stereocenters. The summed E-state index contributed by atoms with van der Waals surface area (Å²) in [5, 5.41) is 44.7. The summed E-state index contributed by atoms with van der Waals surface area (Å²) in [5.74, 6) is 0. The van der Waals surface area contributed by atoms with Crippen molar-refractivity contribution in [3.05, 3.63) is 0 Å². The van der Waals surface area contributed by atoms with E-state index in [9.17, 15) is 0 Å². The molecule has 12 heavy (non-hydrogen) atoms. The molecule has 6 heteroatoms. The van der Waals surface area contributed by atoms with Gasteiger partial charge < -0.3 is 30.3 Å². The summed E-state index contributed by atoms with van der Waals surface area (Å²) in [5.41, 5.74) is 0. The predicted octanol–water partition coefficient (Wildman–Crippen LogP) is -3.22. The lowest BCUT2D eigenvalue weighted by atomic mass is 10.0. The highest BCUT2D eigenvalue weighted by Gasteiger charge is 2.42. The number of aliphatic hydroxyl groups is 5. The molecular formula is C6H12O6. The van der Waals surface area contributed by atoms with Crippen LogP contribution >= 0.6 is 0 Å². The molecule has 1 heterocycles. The number of aliphatic hydroxyl groups excluding tert-OH is 5. The summed E-state index contributed by atoms with van der Waals surface area (Å²) in [6.45, 7) is -0.526. The van der Waals surface area contributed by atoms with Crippen LogP contribution in [0.2, 0.25) is 0 Å². The van der Waals surface area contributed by atoms with Gasteiger partial charge in [-0.2, -0.15) is 0 Å². The van der Waals surface area contributed by atoms with Crippen LogP contribution in [0.5, 0.6) is 0 Å². The van der Waals surface area contributed by atoms with E-state index in [1.54, 1.807) is 0 Å². The maximum atomic E-state index is 9.12. The highest BCUT2D eigenvalue weighted by atomic mass is 16.7. The largest absolute Gasteiger partial charge is 0.394 e. The molecule has 5 N–H and O–H groups in total. The van der Waals surface area contributed by atoms with Crippen LogP contribution < -0.4 is 0 Å². The van der Waals surface area contributed by atoms with E-state index < -0.39 is 37.3 Å². The second kappa shape index (κ2) is 3.65. The predicted molar refractivity (Wildman–Crippen MR) is 36.0 cm³/mol. The van der Waals surface area contributed by atoms with Crippen LogP contribution in [0.1, 0.15) is 0 Å². The average molecular weight is 181 g/mol. The fraction of sp³-hybridized carbons (Fsp3) is 1.00. The van der Waals surface area contributed by atoms with Crippen LogP contribution in [0.4, 0.5) is 0 Å². The summed E-state index contributed by atoms with van der Waals surface area (Å²) < 4.78 is 4.58. The van der Waals surface area contributed by atoms with E-state index >= 15 is 0 Å². The van der Waals surface area contributed by atoms with Crippen molar-refractivity contribution in [2.75, 3.05) is 6.61 Å². The van der Waals surface area contributed by atoms with Crippen LogP contribution in [0, 0.1) is 0 Å². The zero-order valence-corrected chi connectivity index (χ0v) is 6.24. The van der Waals surface area contributed by atoms with E-state index in [4.69, 9.17) is 25.5 Å². The smallest absolute Gasteiger partial charge is 0.184 e. The van der Waals surface area contributed by atoms with E-state index in [0.717, 1.165) is 0 Å². The molecule has 0 saturated carbocycles. The minimum absolute atomic E-state index is 0.526. The fourth-order valence-corrected chi connectivity index (χ4v) is 1.08. The maximum Gasteiger partial charge on any atom is 0.184 e. The Bertz CT molecular complexity index is 146. The van der Waals surface area contributed by atoms with Crippen molar-refractivity contribution in [3.8, 4) is 0 Å². The SMILES string of the molecule is OC[C@H]1O[13CH](O)[C@@H](O)[C@@H](O)[C@H]1O. The summed E-state index contributed by atoms with van der Waals surface area (Å²) in [6, 6.07) is 0. The first-order chi connectivity index (χ1) is 5.57. The van der Waals surface area contributed by atoms with Crippen molar-refractivity contribution < 1.29 is 30.3 Å². The lowest BCUT2D eigenvalue weighted by molar-refractivity contribution is -0.286. The quantitative estimate of drug-likeness (QED) is 0.272. The molecule has 0 radical (unpaired) electrons. The third-order valence-corrected chi connectivity index (χ3v) is 1.87. The zero-order chi connectivity index (χ0) is 9.30. The Kier molecular flexibility index (Phi) is 2.99. The van der Waals surface area contributed by atoms with Gasteiger partial charge in [-0.1, -0.05) is 0 Å². The molecule has 0 aromatic heterocycles. The van der Waals surface area contributed by atoms with Crippen molar-refractivity contribution in [1.82, 2.24) is 0 Å². The molecule has 0 aromatic carbocycles. The van der Waals surface area contributed by atoms with Gasteiger partial charge in [0.15, 0.2) is 6.29 Å². The molecule has 1 aliphatic heterocycles. The highest BCUT2D eigenvalue weighted by molar-refractivity contribution is 4.87. The van der Waals surface area contributed by atoms with E-state index in [1.165, 1.54) is 0 Å². The van der Waals surface area contributed by atoms with Gasteiger partial charge >= 0.3 is 0 Å². The Morgan fingerprint density at radius 2 is 1.50 bits per heavy atom. The first kappa shape index (κ1) is 9.85. The number of hydrogen-bond acceptors (Lipinski definition) is 6. The Morgan fingerprint density at radius 1 is 0.917 bits per heavy atom. The van der Waals surface area contributed by atoms with E-state index in [1.807, 2.05) is 0 Å². The van der Waals surface area contributed by atoms with Gasteiger partial charge in [-0.15, -0.1) is 0 Å². The van der Waals surface area contributed by atoms with Crippen LogP contribution in [0.25, 0.3) is 0 Å².